The highest BCUT2D eigenvalue weighted by molar-refractivity contribution is 7.16. The molecule has 5 heterocycles. The average Bonchev–Trinajstić information content (AvgIpc) is 3.42. The molecule has 0 saturated carbocycles. The third kappa shape index (κ3) is 2.74. The van der Waals surface area contributed by atoms with Crippen LogP contribution in [0.3, 0.4) is 0 Å². The van der Waals surface area contributed by atoms with Crippen LogP contribution >= 0.6 is 11.3 Å². The fourth-order valence-corrected chi connectivity index (χ4v) is 3.84. The molecule has 0 saturated heterocycles. The SMILES string of the molecule is Cc1nn2cc(CNC(=O)c3ccc4nnc(-c5cccn5C)n4c3)nc2s1. The zero-order valence-corrected chi connectivity index (χ0v) is 16.0. The highest BCUT2D eigenvalue weighted by Crippen LogP contribution is 2.19. The summed E-state index contributed by atoms with van der Waals surface area (Å²) < 4.78 is 5.52. The van der Waals surface area contributed by atoms with Crippen LogP contribution in [0.1, 0.15) is 21.1 Å². The van der Waals surface area contributed by atoms with Crippen molar-refractivity contribution in [3.05, 3.63) is 59.1 Å². The number of amides is 1. The van der Waals surface area contributed by atoms with Crippen molar-refractivity contribution in [1.29, 1.82) is 0 Å². The molecule has 28 heavy (non-hydrogen) atoms. The maximum atomic E-state index is 12.6. The fraction of sp³-hybridized carbons (Fsp3) is 0.167. The standard InChI is InChI=1S/C18H16N8OS/c1-11-23-26-10-13(20-18(26)28-11)8-19-17(27)12-5-6-15-21-22-16(25(15)9-12)14-4-3-7-24(14)2/h3-7,9-10H,8H2,1-2H3,(H,19,27). The molecule has 5 rings (SSSR count). The topological polar surface area (TPSA) is 94.4 Å². The van der Waals surface area contributed by atoms with Crippen LogP contribution in [0.25, 0.3) is 22.1 Å². The smallest absolute Gasteiger partial charge is 0.253 e. The highest BCUT2D eigenvalue weighted by atomic mass is 32.1. The lowest BCUT2D eigenvalue weighted by Crippen LogP contribution is -2.23. The van der Waals surface area contributed by atoms with Gasteiger partial charge >= 0.3 is 0 Å². The molecular weight excluding hydrogens is 376 g/mol. The number of hydrogen-bond donors (Lipinski definition) is 1. The van der Waals surface area contributed by atoms with E-state index in [9.17, 15) is 4.79 Å². The third-order valence-electron chi connectivity index (χ3n) is 4.46. The molecule has 0 unspecified atom stereocenters. The summed E-state index contributed by atoms with van der Waals surface area (Å²) in [7, 11) is 1.94. The predicted octanol–water partition coefficient (Wildman–Crippen LogP) is 2.08. The maximum absolute atomic E-state index is 12.6. The van der Waals surface area contributed by atoms with Crippen LogP contribution < -0.4 is 5.32 Å². The molecule has 10 heteroatoms. The van der Waals surface area contributed by atoms with Crippen molar-refractivity contribution in [1.82, 2.24) is 39.1 Å². The van der Waals surface area contributed by atoms with Gasteiger partial charge < -0.3 is 9.88 Å². The molecule has 9 nitrogen and oxygen atoms in total. The van der Waals surface area contributed by atoms with E-state index >= 15 is 0 Å². The average molecular weight is 392 g/mol. The van der Waals surface area contributed by atoms with Crippen LogP contribution in [0.4, 0.5) is 0 Å². The Morgan fingerprint density at radius 3 is 2.89 bits per heavy atom. The fourth-order valence-electron chi connectivity index (χ4n) is 3.10. The number of aryl methyl sites for hydroxylation is 2. The van der Waals surface area contributed by atoms with E-state index in [0.29, 0.717) is 23.6 Å². The first kappa shape index (κ1) is 16.6. The van der Waals surface area contributed by atoms with E-state index in [1.807, 2.05) is 47.5 Å². The van der Waals surface area contributed by atoms with Crippen LogP contribution in [0.15, 0.2) is 42.9 Å². The van der Waals surface area contributed by atoms with E-state index in [1.165, 1.54) is 11.3 Å². The zero-order valence-electron chi connectivity index (χ0n) is 15.2. The number of nitrogens with one attached hydrogen (secondary N) is 1. The second-order valence-corrected chi connectivity index (χ2v) is 7.60. The van der Waals surface area contributed by atoms with Gasteiger partial charge in [-0.1, -0.05) is 11.3 Å². The molecule has 0 atom stereocenters. The summed E-state index contributed by atoms with van der Waals surface area (Å²) in [5.74, 6) is 0.502. The number of imidazole rings is 1. The molecule has 0 aliphatic carbocycles. The Morgan fingerprint density at radius 1 is 1.21 bits per heavy atom. The summed E-state index contributed by atoms with van der Waals surface area (Å²) in [4.78, 5) is 17.9. The molecular formula is C18H16N8OS. The number of rotatable bonds is 4. The first-order chi connectivity index (χ1) is 13.6. The summed E-state index contributed by atoms with van der Waals surface area (Å²) in [5, 5.41) is 16.6. The van der Waals surface area contributed by atoms with E-state index < -0.39 is 0 Å². The molecule has 0 aliphatic heterocycles. The van der Waals surface area contributed by atoms with E-state index in [-0.39, 0.29) is 5.91 Å². The molecule has 0 radical (unpaired) electrons. The van der Waals surface area contributed by atoms with Crippen molar-refractivity contribution in [2.45, 2.75) is 13.5 Å². The summed E-state index contributed by atoms with van der Waals surface area (Å²) >= 11 is 1.52. The van der Waals surface area contributed by atoms with Crippen LogP contribution in [0, 0.1) is 6.92 Å². The Bertz CT molecular complexity index is 1290. The number of carbonyl (C=O) groups is 1. The van der Waals surface area contributed by atoms with E-state index in [2.05, 4.69) is 25.6 Å². The highest BCUT2D eigenvalue weighted by Gasteiger charge is 2.14. The molecule has 5 aromatic heterocycles. The lowest BCUT2D eigenvalue weighted by molar-refractivity contribution is 0.0950. The van der Waals surface area contributed by atoms with Crippen LogP contribution in [0.2, 0.25) is 0 Å². The van der Waals surface area contributed by atoms with Gasteiger partial charge in [0.05, 0.1) is 29.7 Å². The van der Waals surface area contributed by atoms with Gasteiger partial charge in [-0.15, -0.1) is 10.2 Å². The molecule has 1 N–H and O–H groups in total. The second kappa shape index (κ2) is 6.27. The van der Waals surface area contributed by atoms with Gasteiger partial charge in [-0.3, -0.25) is 9.20 Å². The number of fused-ring (bicyclic) bond motifs is 2. The first-order valence-corrected chi connectivity index (χ1v) is 9.46. The zero-order chi connectivity index (χ0) is 19.3. The largest absolute Gasteiger partial charge is 0.348 e. The van der Waals surface area contributed by atoms with Gasteiger partial charge in [-0.05, 0) is 31.2 Å². The van der Waals surface area contributed by atoms with Gasteiger partial charge in [0.15, 0.2) is 11.5 Å². The summed E-state index contributed by atoms with van der Waals surface area (Å²) in [6, 6.07) is 7.43. The van der Waals surface area contributed by atoms with E-state index in [4.69, 9.17) is 0 Å². The van der Waals surface area contributed by atoms with Gasteiger partial charge in [0.2, 0.25) is 4.96 Å². The monoisotopic (exact) mass is 392 g/mol. The number of hydrogen-bond acceptors (Lipinski definition) is 6. The van der Waals surface area contributed by atoms with Gasteiger partial charge in [0.25, 0.3) is 5.91 Å². The van der Waals surface area contributed by atoms with Crippen LogP contribution in [-0.4, -0.2) is 39.7 Å². The summed E-state index contributed by atoms with van der Waals surface area (Å²) in [6.07, 6.45) is 5.53. The van der Waals surface area contributed by atoms with Crippen molar-refractivity contribution in [2.75, 3.05) is 0 Å². The molecule has 0 spiro atoms. The van der Waals surface area contributed by atoms with Gasteiger partial charge in [-0.2, -0.15) is 5.10 Å². The molecule has 1 amide bonds. The molecule has 0 aliphatic rings. The Balaban J connectivity index is 1.39. The minimum Gasteiger partial charge on any atom is -0.348 e. The molecule has 0 fully saturated rings. The lowest BCUT2D eigenvalue weighted by Gasteiger charge is -2.06. The Morgan fingerprint density at radius 2 is 2.11 bits per heavy atom. The van der Waals surface area contributed by atoms with Crippen LogP contribution in [0.5, 0.6) is 0 Å². The van der Waals surface area contributed by atoms with Crippen molar-refractivity contribution >= 4 is 27.9 Å². The van der Waals surface area contributed by atoms with Crippen molar-refractivity contribution < 1.29 is 4.79 Å². The van der Waals surface area contributed by atoms with Gasteiger partial charge in [0.1, 0.15) is 5.01 Å². The molecule has 0 bridgehead atoms. The number of nitrogens with zero attached hydrogens (tertiary/aromatic N) is 7. The second-order valence-electron chi connectivity index (χ2n) is 6.44. The van der Waals surface area contributed by atoms with Crippen molar-refractivity contribution in [2.24, 2.45) is 7.05 Å². The minimum atomic E-state index is -0.186. The number of carbonyl (C=O) groups excluding carboxylic acids is 1. The summed E-state index contributed by atoms with van der Waals surface area (Å²) in [6.45, 7) is 2.27. The van der Waals surface area contributed by atoms with E-state index in [1.54, 1.807) is 22.8 Å². The Kier molecular flexibility index (Phi) is 3.72. The maximum Gasteiger partial charge on any atom is 0.253 e. The number of pyridine rings is 1. The van der Waals surface area contributed by atoms with E-state index in [0.717, 1.165) is 21.4 Å². The molecule has 0 aromatic carbocycles. The normalized spacial score (nSPS) is 11.5. The van der Waals surface area contributed by atoms with Gasteiger partial charge in [-0.25, -0.2) is 9.50 Å². The Hall–Kier alpha value is -3.53. The van der Waals surface area contributed by atoms with Crippen molar-refractivity contribution in [3.8, 4) is 11.5 Å². The Labute approximate surface area is 163 Å². The number of aromatic nitrogens is 7. The quantitative estimate of drug-likeness (QED) is 0.505. The lowest BCUT2D eigenvalue weighted by atomic mass is 10.2. The predicted molar refractivity (Wildman–Crippen MR) is 104 cm³/mol. The third-order valence-corrected chi connectivity index (χ3v) is 5.30. The molecule has 5 aromatic rings. The van der Waals surface area contributed by atoms with Gasteiger partial charge in [0, 0.05) is 19.4 Å². The molecule has 140 valence electrons. The van der Waals surface area contributed by atoms with Crippen molar-refractivity contribution in [3.63, 3.8) is 0 Å². The minimum absolute atomic E-state index is 0.186. The first-order valence-electron chi connectivity index (χ1n) is 8.65. The summed E-state index contributed by atoms with van der Waals surface area (Å²) in [5.41, 5.74) is 2.90. The van der Waals surface area contributed by atoms with Crippen LogP contribution in [-0.2, 0) is 13.6 Å².